The van der Waals surface area contributed by atoms with Crippen LogP contribution in [0.1, 0.15) is 23.1 Å². The zero-order valence-electron chi connectivity index (χ0n) is 11.8. The van der Waals surface area contributed by atoms with Gasteiger partial charge in [-0.25, -0.2) is 0 Å². The van der Waals surface area contributed by atoms with E-state index in [4.69, 9.17) is 10.5 Å². The molecule has 1 amide bonds. The Morgan fingerprint density at radius 3 is 2.37 bits per heavy atom. The van der Waals surface area contributed by atoms with Gasteiger partial charge in [-0.15, -0.1) is 12.4 Å². The maximum atomic E-state index is 11.5. The van der Waals surface area contributed by atoms with Gasteiger partial charge in [-0.3, -0.25) is 4.79 Å². The molecule has 3 N–H and O–H groups in total. The Morgan fingerprint density at radius 2 is 1.84 bits per heavy atom. The van der Waals surface area contributed by atoms with Crippen LogP contribution in [0.5, 0.6) is 5.75 Å². The van der Waals surface area contributed by atoms with Crippen LogP contribution in [0.2, 0.25) is 0 Å². The fraction of sp³-hybridized carbons (Fsp3) is 0.500. The molecule has 0 saturated carbocycles. The Bertz CT molecular complexity index is 399. The maximum absolute atomic E-state index is 11.5. The van der Waals surface area contributed by atoms with Gasteiger partial charge in [0.15, 0.2) is 6.61 Å². The Labute approximate surface area is 121 Å². The molecule has 0 spiro atoms. The maximum Gasteiger partial charge on any atom is 0.257 e. The van der Waals surface area contributed by atoms with Gasteiger partial charge in [-0.2, -0.15) is 0 Å². The third-order valence-electron chi connectivity index (χ3n) is 2.66. The molecule has 0 saturated heterocycles. The minimum Gasteiger partial charge on any atom is -0.483 e. The standard InChI is InChI=1S/C14H22N2O2.ClH/c1-10-7-11(2)14(12(3)8-10)18-9-13(17)16-6-4-5-15;/h7-8H,4-6,9,15H2,1-3H3,(H,16,17);1H. The van der Waals surface area contributed by atoms with E-state index in [1.54, 1.807) is 0 Å². The molecule has 0 aliphatic heterocycles. The number of benzene rings is 1. The first-order valence-electron chi connectivity index (χ1n) is 6.22. The lowest BCUT2D eigenvalue weighted by molar-refractivity contribution is -0.123. The SMILES string of the molecule is Cc1cc(C)c(OCC(=O)NCCCN)c(C)c1.Cl. The van der Waals surface area contributed by atoms with E-state index in [1.165, 1.54) is 5.56 Å². The fourth-order valence-corrected chi connectivity index (χ4v) is 1.91. The second-order valence-corrected chi connectivity index (χ2v) is 4.51. The largest absolute Gasteiger partial charge is 0.483 e. The minimum absolute atomic E-state index is 0. The van der Waals surface area contributed by atoms with E-state index in [0.29, 0.717) is 13.1 Å². The van der Waals surface area contributed by atoms with E-state index in [0.717, 1.165) is 23.3 Å². The highest BCUT2D eigenvalue weighted by molar-refractivity contribution is 5.85. The second kappa shape index (κ2) is 8.77. The van der Waals surface area contributed by atoms with Crippen LogP contribution in [0.25, 0.3) is 0 Å². The van der Waals surface area contributed by atoms with Crippen molar-refractivity contribution in [3.63, 3.8) is 0 Å². The number of carbonyl (C=O) groups is 1. The second-order valence-electron chi connectivity index (χ2n) is 4.51. The Hall–Kier alpha value is -1.26. The predicted molar refractivity (Wildman–Crippen MR) is 80.1 cm³/mol. The van der Waals surface area contributed by atoms with Gasteiger partial charge < -0.3 is 15.8 Å². The van der Waals surface area contributed by atoms with Crippen LogP contribution in [0.3, 0.4) is 0 Å². The quantitative estimate of drug-likeness (QED) is 0.785. The molecule has 0 radical (unpaired) electrons. The highest BCUT2D eigenvalue weighted by atomic mass is 35.5. The molecule has 108 valence electrons. The minimum atomic E-state index is -0.108. The number of halogens is 1. The number of hydrogen-bond donors (Lipinski definition) is 2. The van der Waals surface area contributed by atoms with Gasteiger partial charge in [-0.05, 0) is 44.9 Å². The van der Waals surface area contributed by atoms with Crippen molar-refractivity contribution in [2.45, 2.75) is 27.2 Å². The summed E-state index contributed by atoms with van der Waals surface area (Å²) in [5.41, 5.74) is 8.67. The molecule has 0 heterocycles. The lowest BCUT2D eigenvalue weighted by atomic mass is 10.1. The van der Waals surface area contributed by atoms with Crippen molar-refractivity contribution in [3.8, 4) is 5.75 Å². The van der Waals surface area contributed by atoms with Gasteiger partial charge >= 0.3 is 0 Å². The average Bonchev–Trinajstić information content (AvgIpc) is 2.27. The first kappa shape index (κ1) is 17.7. The third kappa shape index (κ3) is 5.94. The zero-order valence-corrected chi connectivity index (χ0v) is 12.6. The van der Waals surface area contributed by atoms with Gasteiger partial charge in [0.25, 0.3) is 5.91 Å². The van der Waals surface area contributed by atoms with Gasteiger partial charge in [-0.1, -0.05) is 17.7 Å². The number of amides is 1. The highest BCUT2D eigenvalue weighted by Gasteiger charge is 2.07. The zero-order chi connectivity index (χ0) is 13.5. The van der Waals surface area contributed by atoms with Crippen molar-refractivity contribution >= 4 is 18.3 Å². The Kier molecular flexibility index (Phi) is 8.19. The van der Waals surface area contributed by atoms with Gasteiger partial charge in [0.05, 0.1) is 0 Å². The summed E-state index contributed by atoms with van der Waals surface area (Å²) in [5, 5.41) is 2.76. The summed E-state index contributed by atoms with van der Waals surface area (Å²) in [6, 6.07) is 4.10. The predicted octanol–water partition coefficient (Wildman–Crippen LogP) is 1.88. The molecule has 0 aromatic heterocycles. The molecular formula is C14H23ClN2O2. The van der Waals surface area contributed by atoms with Crippen LogP contribution in [0.15, 0.2) is 12.1 Å². The van der Waals surface area contributed by atoms with Crippen LogP contribution in [0.4, 0.5) is 0 Å². The molecule has 0 aliphatic rings. The topological polar surface area (TPSA) is 64.3 Å². The van der Waals surface area contributed by atoms with E-state index in [9.17, 15) is 4.79 Å². The molecule has 0 bridgehead atoms. The van der Waals surface area contributed by atoms with Crippen molar-refractivity contribution in [2.75, 3.05) is 19.7 Å². The Morgan fingerprint density at radius 1 is 1.26 bits per heavy atom. The lowest BCUT2D eigenvalue weighted by Gasteiger charge is -2.13. The molecular weight excluding hydrogens is 264 g/mol. The molecule has 1 aromatic rings. The number of nitrogens with two attached hydrogens (primary N) is 1. The highest BCUT2D eigenvalue weighted by Crippen LogP contribution is 2.24. The number of carbonyl (C=O) groups excluding carboxylic acids is 1. The average molecular weight is 287 g/mol. The van der Waals surface area contributed by atoms with Crippen LogP contribution in [0, 0.1) is 20.8 Å². The van der Waals surface area contributed by atoms with Crippen molar-refractivity contribution in [2.24, 2.45) is 5.73 Å². The summed E-state index contributed by atoms with van der Waals surface area (Å²) in [4.78, 5) is 11.5. The summed E-state index contributed by atoms with van der Waals surface area (Å²) in [6.45, 7) is 7.25. The molecule has 4 nitrogen and oxygen atoms in total. The first-order chi connectivity index (χ1) is 8.54. The number of aryl methyl sites for hydroxylation is 3. The van der Waals surface area contributed by atoms with Crippen LogP contribution >= 0.6 is 12.4 Å². The number of ether oxygens (including phenoxy) is 1. The molecule has 0 fully saturated rings. The molecule has 5 heteroatoms. The molecule has 1 aromatic carbocycles. The van der Waals surface area contributed by atoms with Crippen molar-refractivity contribution in [1.82, 2.24) is 5.32 Å². The van der Waals surface area contributed by atoms with Crippen LogP contribution in [-0.4, -0.2) is 25.6 Å². The van der Waals surface area contributed by atoms with E-state index < -0.39 is 0 Å². The summed E-state index contributed by atoms with van der Waals surface area (Å²) >= 11 is 0. The molecule has 0 unspecified atom stereocenters. The number of nitrogens with one attached hydrogen (secondary N) is 1. The van der Waals surface area contributed by atoms with Crippen LogP contribution in [-0.2, 0) is 4.79 Å². The van der Waals surface area contributed by atoms with E-state index in [1.807, 2.05) is 20.8 Å². The summed E-state index contributed by atoms with van der Waals surface area (Å²) < 4.78 is 5.57. The van der Waals surface area contributed by atoms with E-state index >= 15 is 0 Å². The third-order valence-corrected chi connectivity index (χ3v) is 2.66. The summed E-state index contributed by atoms with van der Waals surface area (Å²) in [7, 11) is 0. The van der Waals surface area contributed by atoms with Crippen molar-refractivity contribution < 1.29 is 9.53 Å². The molecule has 19 heavy (non-hydrogen) atoms. The molecule has 0 atom stereocenters. The lowest BCUT2D eigenvalue weighted by Crippen LogP contribution is -2.30. The molecule has 1 rings (SSSR count). The normalized spacial score (nSPS) is 9.68. The van der Waals surface area contributed by atoms with E-state index in [2.05, 4.69) is 17.4 Å². The smallest absolute Gasteiger partial charge is 0.257 e. The van der Waals surface area contributed by atoms with Crippen molar-refractivity contribution in [1.29, 1.82) is 0 Å². The summed E-state index contributed by atoms with van der Waals surface area (Å²) in [5.74, 6) is 0.692. The monoisotopic (exact) mass is 286 g/mol. The van der Waals surface area contributed by atoms with Gasteiger partial charge in [0.2, 0.25) is 0 Å². The summed E-state index contributed by atoms with van der Waals surface area (Å²) in [6.07, 6.45) is 0.786. The Balaban J connectivity index is 0.00000324. The number of rotatable bonds is 6. The van der Waals surface area contributed by atoms with Gasteiger partial charge in [0.1, 0.15) is 5.75 Å². The van der Waals surface area contributed by atoms with Gasteiger partial charge in [0, 0.05) is 6.54 Å². The van der Waals surface area contributed by atoms with Crippen molar-refractivity contribution in [3.05, 3.63) is 28.8 Å². The molecule has 0 aliphatic carbocycles. The first-order valence-corrected chi connectivity index (χ1v) is 6.22. The van der Waals surface area contributed by atoms with Crippen LogP contribution < -0.4 is 15.8 Å². The fourth-order valence-electron chi connectivity index (χ4n) is 1.91. The number of hydrogen-bond acceptors (Lipinski definition) is 3. The van der Waals surface area contributed by atoms with E-state index in [-0.39, 0.29) is 24.9 Å².